The molecule has 1 N–H and O–H groups in total. The van der Waals surface area contributed by atoms with E-state index in [9.17, 15) is 13.6 Å². The fourth-order valence-corrected chi connectivity index (χ4v) is 1.65. The summed E-state index contributed by atoms with van der Waals surface area (Å²) in [4.78, 5) is 10.3. The Morgan fingerprint density at radius 1 is 1.00 bits per heavy atom. The molecule has 0 heterocycles. The van der Waals surface area contributed by atoms with Crippen LogP contribution >= 0.6 is 0 Å². The number of benzene rings is 2. The van der Waals surface area contributed by atoms with Crippen LogP contribution in [0.15, 0.2) is 48.5 Å². The first kappa shape index (κ1) is 14.0. The molecule has 0 amide bonds. The zero-order chi connectivity index (χ0) is 14.8. The molecule has 0 radical (unpaired) electrons. The summed E-state index contributed by atoms with van der Waals surface area (Å²) in [5.74, 6) is -2.52. The van der Waals surface area contributed by atoms with E-state index in [2.05, 4.69) is 4.74 Å². The van der Waals surface area contributed by atoms with Gasteiger partial charge in [0.15, 0.2) is 0 Å². The maximum Gasteiger partial charge on any atom is 0.501 e. The highest BCUT2D eigenvalue weighted by atomic mass is 19.3. The van der Waals surface area contributed by atoms with Gasteiger partial charge in [-0.25, -0.2) is 4.79 Å². The van der Waals surface area contributed by atoms with Crippen LogP contribution in [0.3, 0.4) is 0 Å². The van der Waals surface area contributed by atoms with Crippen LogP contribution in [0, 0.1) is 6.92 Å². The largest absolute Gasteiger partial charge is 0.501 e. The van der Waals surface area contributed by atoms with Crippen molar-refractivity contribution in [3.63, 3.8) is 0 Å². The summed E-state index contributed by atoms with van der Waals surface area (Å²) in [5.41, 5.74) is 2.89. The Kier molecular flexibility index (Phi) is 3.70. The van der Waals surface area contributed by atoms with Crippen LogP contribution in [-0.4, -0.2) is 17.2 Å². The molecule has 2 rings (SSSR count). The summed E-state index contributed by atoms with van der Waals surface area (Å²) in [6.45, 7) is 1.97. The molecule has 0 saturated carbocycles. The van der Waals surface area contributed by atoms with Gasteiger partial charge in [0.25, 0.3) is 0 Å². The lowest BCUT2D eigenvalue weighted by Crippen LogP contribution is -2.34. The first-order chi connectivity index (χ1) is 9.38. The number of carboxylic acids is 1. The smallest absolute Gasteiger partial charge is 0.474 e. The number of hydrogen-bond acceptors (Lipinski definition) is 2. The Morgan fingerprint density at radius 3 is 1.90 bits per heavy atom. The molecular formula is C15H12F2O3. The van der Waals surface area contributed by atoms with E-state index in [1.54, 1.807) is 12.1 Å². The zero-order valence-electron chi connectivity index (χ0n) is 10.6. The second-order valence-electron chi connectivity index (χ2n) is 4.31. The molecule has 0 unspecified atom stereocenters. The Morgan fingerprint density at radius 2 is 1.45 bits per heavy atom. The van der Waals surface area contributed by atoms with Gasteiger partial charge in [0.1, 0.15) is 5.75 Å². The molecule has 0 saturated heterocycles. The summed E-state index contributed by atoms with van der Waals surface area (Å²) in [5, 5.41) is 8.29. The Bertz CT molecular complexity index is 604. The summed E-state index contributed by atoms with van der Waals surface area (Å²) in [6.07, 6.45) is -4.23. The predicted octanol–water partition coefficient (Wildman–Crippen LogP) is 3.72. The third kappa shape index (κ3) is 3.12. The standard InChI is InChI=1S/C15H12F2O3/c1-10-2-4-11(5-3-10)12-6-8-13(9-7-12)20-15(16,17)14(18)19/h2-9H,1H3,(H,18,19). The van der Waals surface area contributed by atoms with Crippen molar-refractivity contribution in [2.24, 2.45) is 0 Å². The van der Waals surface area contributed by atoms with Crippen molar-refractivity contribution in [3.8, 4) is 16.9 Å². The minimum absolute atomic E-state index is 0.201. The molecule has 5 heteroatoms. The second-order valence-corrected chi connectivity index (χ2v) is 4.31. The molecule has 104 valence electrons. The lowest BCUT2D eigenvalue weighted by molar-refractivity contribution is -0.210. The van der Waals surface area contributed by atoms with Crippen molar-refractivity contribution in [2.45, 2.75) is 13.0 Å². The molecule has 0 aliphatic rings. The van der Waals surface area contributed by atoms with Crippen molar-refractivity contribution in [2.75, 3.05) is 0 Å². The van der Waals surface area contributed by atoms with Crippen LogP contribution in [0.25, 0.3) is 11.1 Å². The van der Waals surface area contributed by atoms with E-state index < -0.39 is 12.1 Å². The van der Waals surface area contributed by atoms with Crippen LogP contribution in [-0.2, 0) is 4.79 Å². The molecule has 0 aromatic heterocycles. The predicted molar refractivity (Wildman–Crippen MR) is 69.8 cm³/mol. The summed E-state index contributed by atoms with van der Waals surface area (Å²) in [7, 11) is 0. The Hall–Kier alpha value is -2.43. The van der Waals surface area contributed by atoms with E-state index in [1.165, 1.54) is 12.1 Å². The van der Waals surface area contributed by atoms with Gasteiger partial charge in [0, 0.05) is 0 Å². The molecule has 0 bridgehead atoms. The monoisotopic (exact) mass is 278 g/mol. The van der Waals surface area contributed by atoms with E-state index in [4.69, 9.17) is 5.11 Å². The number of carboxylic acid groups (broad SMARTS) is 1. The third-order valence-electron chi connectivity index (χ3n) is 2.73. The van der Waals surface area contributed by atoms with E-state index in [0.717, 1.165) is 16.7 Å². The molecule has 0 aliphatic carbocycles. The number of alkyl halides is 2. The summed E-state index contributed by atoms with van der Waals surface area (Å²) in [6, 6.07) is 13.5. The lowest BCUT2D eigenvalue weighted by Gasteiger charge is -2.13. The molecule has 2 aromatic rings. The topological polar surface area (TPSA) is 46.5 Å². The molecule has 20 heavy (non-hydrogen) atoms. The van der Waals surface area contributed by atoms with Gasteiger partial charge in [-0.15, -0.1) is 0 Å². The van der Waals surface area contributed by atoms with Gasteiger partial charge in [0.05, 0.1) is 0 Å². The number of aliphatic carboxylic acids is 1. The first-order valence-corrected chi connectivity index (χ1v) is 5.86. The molecule has 0 atom stereocenters. The Balaban J connectivity index is 2.18. The fourth-order valence-electron chi connectivity index (χ4n) is 1.65. The maximum atomic E-state index is 12.9. The number of ether oxygens (including phenoxy) is 1. The van der Waals surface area contributed by atoms with Crippen molar-refractivity contribution in [1.82, 2.24) is 0 Å². The SMILES string of the molecule is Cc1ccc(-c2ccc(OC(F)(F)C(=O)O)cc2)cc1. The highest BCUT2D eigenvalue weighted by Gasteiger charge is 2.42. The number of hydrogen-bond donors (Lipinski definition) is 1. The van der Waals surface area contributed by atoms with Gasteiger partial charge in [-0.3, -0.25) is 0 Å². The third-order valence-corrected chi connectivity index (χ3v) is 2.73. The molecule has 0 spiro atoms. The molecule has 0 aliphatic heterocycles. The number of aryl methyl sites for hydroxylation is 1. The van der Waals surface area contributed by atoms with Gasteiger partial charge < -0.3 is 9.84 Å². The second kappa shape index (κ2) is 5.28. The van der Waals surface area contributed by atoms with E-state index in [-0.39, 0.29) is 5.75 Å². The summed E-state index contributed by atoms with van der Waals surface area (Å²) >= 11 is 0. The van der Waals surface area contributed by atoms with Gasteiger partial charge in [-0.1, -0.05) is 42.0 Å². The number of halogens is 2. The van der Waals surface area contributed by atoms with Gasteiger partial charge in [-0.2, -0.15) is 8.78 Å². The Labute approximate surface area is 114 Å². The van der Waals surface area contributed by atoms with Crippen LogP contribution in [0.4, 0.5) is 8.78 Å². The molecular weight excluding hydrogens is 266 g/mol. The molecule has 0 fully saturated rings. The van der Waals surface area contributed by atoms with Crippen LogP contribution < -0.4 is 4.74 Å². The van der Waals surface area contributed by atoms with Crippen LogP contribution in [0.2, 0.25) is 0 Å². The van der Waals surface area contributed by atoms with E-state index >= 15 is 0 Å². The minimum Gasteiger partial charge on any atom is -0.474 e. The van der Waals surface area contributed by atoms with Gasteiger partial charge in [-0.05, 0) is 30.2 Å². The zero-order valence-corrected chi connectivity index (χ0v) is 10.6. The van der Waals surface area contributed by atoms with Crippen molar-refractivity contribution >= 4 is 5.97 Å². The van der Waals surface area contributed by atoms with Crippen molar-refractivity contribution in [3.05, 3.63) is 54.1 Å². The highest BCUT2D eigenvalue weighted by Crippen LogP contribution is 2.26. The van der Waals surface area contributed by atoms with Crippen molar-refractivity contribution < 1.29 is 23.4 Å². The quantitative estimate of drug-likeness (QED) is 0.927. The van der Waals surface area contributed by atoms with E-state index in [1.807, 2.05) is 31.2 Å². The fraction of sp³-hybridized carbons (Fsp3) is 0.133. The molecule has 2 aromatic carbocycles. The maximum absolute atomic E-state index is 12.9. The lowest BCUT2D eigenvalue weighted by atomic mass is 10.0. The van der Waals surface area contributed by atoms with Gasteiger partial charge >= 0.3 is 12.1 Å². The first-order valence-electron chi connectivity index (χ1n) is 5.86. The van der Waals surface area contributed by atoms with Crippen molar-refractivity contribution in [1.29, 1.82) is 0 Å². The normalized spacial score (nSPS) is 11.2. The summed E-state index contributed by atoms with van der Waals surface area (Å²) < 4.78 is 29.9. The van der Waals surface area contributed by atoms with E-state index in [0.29, 0.717) is 0 Å². The van der Waals surface area contributed by atoms with Crippen LogP contribution in [0.5, 0.6) is 5.75 Å². The number of carbonyl (C=O) groups is 1. The number of rotatable bonds is 4. The van der Waals surface area contributed by atoms with Crippen LogP contribution in [0.1, 0.15) is 5.56 Å². The average Bonchev–Trinajstić information content (AvgIpc) is 2.40. The highest BCUT2D eigenvalue weighted by molar-refractivity contribution is 5.74. The molecule has 3 nitrogen and oxygen atoms in total. The van der Waals surface area contributed by atoms with Gasteiger partial charge in [0.2, 0.25) is 0 Å². The average molecular weight is 278 g/mol. The minimum atomic E-state index is -4.23.